The van der Waals surface area contributed by atoms with E-state index in [0.717, 1.165) is 5.56 Å². The zero-order valence-electron chi connectivity index (χ0n) is 14.7. The molecule has 0 aliphatic rings. The highest BCUT2D eigenvalue weighted by Gasteiger charge is 2.18. The Morgan fingerprint density at radius 2 is 1.63 bits per heavy atom. The second-order valence-electron chi connectivity index (χ2n) is 5.92. The van der Waals surface area contributed by atoms with Gasteiger partial charge in [-0.2, -0.15) is 0 Å². The lowest BCUT2D eigenvalue weighted by molar-refractivity contribution is 0.0939. The number of hydrogen-bond acceptors (Lipinski definition) is 3. The van der Waals surface area contributed by atoms with Crippen molar-refractivity contribution in [3.8, 4) is 5.75 Å². The predicted molar refractivity (Wildman–Crippen MR) is 100 cm³/mol. The topological polar surface area (TPSA) is 55.4 Å². The first-order valence-corrected chi connectivity index (χ1v) is 8.39. The summed E-state index contributed by atoms with van der Waals surface area (Å²) in [6.07, 6.45) is 0. The van der Waals surface area contributed by atoms with Crippen molar-refractivity contribution in [2.75, 3.05) is 7.11 Å². The van der Waals surface area contributed by atoms with Gasteiger partial charge in [0.05, 0.1) is 12.7 Å². The predicted octanol–water partition coefficient (Wildman–Crippen LogP) is 4.00. The van der Waals surface area contributed by atoms with Gasteiger partial charge in [0.15, 0.2) is 5.78 Å². The summed E-state index contributed by atoms with van der Waals surface area (Å²) in [5.41, 5.74) is 1.75. The molecule has 3 rings (SSSR count). The van der Waals surface area contributed by atoms with E-state index in [4.69, 9.17) is 4.74 Å². The van der Waals surface area contributed by atoms with Gasteiger partial charge < -0.3 is 10.1 Å². The maximum atomic E-state index is 13.1. The molecule has 1 amide bonds. The van der Waals surface area contributed by atoms with Crippen LogP contribution < -0.4 is 10.1 Å². The highest BCUT2D eigenvalue weighted by atomic mass is 19.1. The Bertz CT molecular complexity index is 967. The van der Waals surface area contributed by atoms with E-state index in [-0.39, 0.29) is 22.8 Å². The van der Waals surface area contributed by atoms with E-state index in [1.165, 1.54) is 24.3 Å². The lowest BCUT2D eigenvalue weighted by Gasteiger charge is -2.10. The van der Waals surface area contributed by atoms with Crippen LogP contribution in [0.25, 0.3) is 0 Å². The van der Waals surface area contributed by atoms with Crippen molar-refractivity contribution in [1.29, 1.82) is 0 Å². The molecule has 0 saturated carbocycles. The molecule has 3 aromatic rings. The van der Waals surface area contributed by atoms with Gasteiger partial charge in [0, 0.05) is 17.7 Å². The summed E-state index contributed by atoms with van der Waals surface area (Å²) in [4.78, 5) is 25.4. The molecule has 0 atom stereocenters. The molecule has 0 spiro atoms. The number of carbonyl (C=O) groups excluding carboxylic acids is 2. The molecule has 0 aromatic heterocycles. The zero-order chi connectivity index (χ0) is 19.2. The van der Waals surface area contributed by atoms with Gasteiger partial charge in [0.2, 0.25) is 0 Å². The molecule has 0 aliphatic heterocycles. The average Bonchev–Trinajstić information content (AvgIpc) is 2.72. The number of carbonyl (C=O) groups is 2. The summed E-state index contributed by atoms with van der Waals surface area (Å²) in [7, 11) is 1.58. The summed E-state index contributed by atoms with van der Waals surface area (Å²) < 4.78 is 18.3. The molecule has 3 aromatic carbocycles. The molecule has 1 N–H and O–H groups in total. The Morgan fingerprint density at radius 1 is 0.926 bits per heavy atom. The minimum atomic E-state index is -0.420. The van der Waals surface area contributed by atoms with Crippen molar-refractivity contribution in [2.24, 2.45) is 0 Å². The number of rotatable bonds is 6. The minimum absolute atomic E-state index is 0.271. The Morgan fingerprint density at radius 3 is 2.33 bits per heavy atom. The van der Waals surface area contributed by atoms with Crippen LogP contribution in [0.4, 0.5) is 4.39 Å². The molecule has 27 heavy (non-hydrogen) atoms. The van der Waals surface area contributed by atoms with Gasteiger partial charge in [-0.3, -0.25) is 9.59 Å². The molecule has 5 heteroatoms. The van der Waals surface area contributed by atoms with Crippen LogP contribution in [0.3, 0.4) is 0 Å². The molecule has 4 nitrogen and oxygen atoms in total. The molecular weight excluding hydrogens is 345 g/mol. The second-order valence-corrected chi connectivity index (χ2v) is 5.92. The number of halogens is 1. The minimum Gasteiger partial charge on any atom is -0.497 e. The summed E-state index contributed by atoms with van der Waals surface area (Å²) >= 11 is 0. The molecule has 0 heterocycles. The van der Waals surface area contributed by atoms with Crippen molar-refractivity contribution >= 4 is 11.7 Å². The number of nitrogens with one attached hydrogen (secondary N) is 1. The zero-order valence-corrected chi connectivity index (χ0v) is 14.7. The van der Waals surface area contributed by atoms with Crippen LogP contribution in [0.2, 0.25) is 0 Å². The van der Waals surface area contributed by atoms with Crippen LogP contribution in [0.5, 0.6) is 5.75 Å². The standard InChI is InChI=1S/C22H18FNO3/c1-27-18-6-4-5-15(13-18)14-24-22(26)20-8-3-2-7-19(20)21(25)16-9-11-17(23)12-10-16/h2-13H,14H2,1H3,(H,24,26). The van der Waals surface area contributed by atoms with Crippen molar-refractivity contribution < 1.29 is 18.7 Å². The Balaban J connectivity index is 1.79. The van der Waals surface area contributed by atoms with Crippen molar-refractivity contribution in [3.05, 3.63) is 101 Å². The molecule has 0 bridgehead atoms. The Kier molecular flexibility index (Phi) is 5.61. The highest BCUT2D eigenvalue weighted by Crippen LogP contribution is 2.16. The van der Waals surface area contributed by atoms with Gasteiger partial charge in [-0.1, -0.05) is 30.3 Å². The first-order chi connectivity index (χ1) is 13.1. The van der Waals surface area contributed by atoms with E-state index in [2.05, 4.69) is 5.32 Å². The van der Waals surface area contributed by atoms with E-state index in [0.29, 0.717) is 17.9 Å². The Labute approximate surface area is 156 Å². The van der Waals surface area contributed by atoms with Gasteiger partial charge in [-0.05, 0) is 48.0 Å². The number of ketones is 1. The van der Waals surface area contributed by atoms with Gasteiger partial charge in [0.1, 0.15) is 11.6 Å². The molecule has 0 saturated heterocycles. The fraction of sp³-hybridized carbons (Fsp3) is 0.0909. The fourth-order valence-electron chi connectivity index (χ4n) is 2.70. The summed E-state index contributed by atoms with van der Waals surface area (Å²) in [5.74, 6) is -0.407. The Hall–Kier alpha value is -3.47. The van der Waals surface area contributed by atoms with Crippen LogP contribution >= 0.6 is 0 Å². The third-order valence-electron chi connectivity index (χ3n) is 4.11. The second kappa shape index (κ2) is 8.27. The lowest BCUT2D eigenvalue weighted by atomic mass is 9.98. The SMILES string of the molecule is COc1cccc(CNC(=O)c2ccccc2C(=O)c2ccc(F)cc2)c1. The lowest BCUT2D eigenvalue weighted by Crippen LogP contribution is -2.25. The summed E-state index contributed by atoms with van der Waals surface area (Å²) in [6, 6.07) is 19.2. The fourth-order valence-corrected chi connectivity index (χ4v) is 2.70. The van der Waals surface area contributed by atoms with Gasteiger partial charge in [-0.15, -0.1) is 0 Å². The normalized spacial score (nSPS) is 10.3. The summed E-state index contributed by atoms with van der Waals surface area (Å²) in [6.45, 7) is 0.301. The van der Waals surface area contributed by atoms with E-state index >= 15 is 0 Å². The molecule has 0 fully saturated rings. The third kappa shape index (κ3) is 4.39. The number of benzene rings is 3. The summed E-state index contributed by atoms with van der Waals surface area (Å²) in [5, 5.41) is 2.82. The molecular formula is C22H18FNO3. The number of ether oxygens (including phenoxy) is 1. The van der Waals surface area contributed by atoms with Gasteiger partial charge in [0.25, 0.3) is 5.91 Å². The number of hydrogen-bond donors (Lipinski definition) is 1. The third-order valence-corrected chi connectivity index (χ3v) is 4.11. The van der Waals surface area contributed by atoms with Crippen LogP contribution in [0.15, 0.2) is 72.8 Å². The largest absolute Gasteiger partial charge is 0.497 e. The first kappa shape index (κ1) is 18.3. The molecule has 0 aliphatic carbocycles. The van der Waals surface area contributed by atoms with E-state index < -0.39 is 5.82 Å². The number of methoxy groups -OCH3 is 1. The quantitative estimate of drug-likeness (QED) is 0.674. The van der Waals surface area contributed by atoms with E-state index in [1.54, 1.807) is 31.4 Å². The molecule has 0 radical (unpaired) electrons. The van der Waals surface area contributed by atoms with Crippen LogP contribution in [0.1, 0.15) is 31.8 Å². The number of amides is 1. The van der Waals surface area contributed by atoms with Crippen molar-refractivity contribution in [1.82, 2.24) is 5.32 Å². The van der Waals surface area contributed by atoms with Crippen LogP contribution in [-0.2, 0) is 6.54 Å². The first-order valence-electron chi connectivity index (χ1n) is 8.39. The smallest absolute Gasteiger partial charge is 0.252 e. The van der Waals surface area contributed by atoms with Crippen LogP contribution in [-0.4, -0.2) is 18.8 Å². The average molecular weight is 363 g/mol. The highest BCUT2D eigenvalue weighted by molar-refractivity contribution is 6.15. The maximum absolute atomic E-state index is 13.1. The maximum Gasteiger partial charge on any atom is 0.252 e. The molecule has 136 valence electrons. The van der Waals surface area contributed by atoms with Crippen LogP contribution in [0, 0.1) is 5.82 Å². The molecule has 0 unspecified atom stereocenters. The van der Waals surface area contributed by atoms with Gasteiger partial charge >= 0.3 is 0 Å². The monoisotopic (exact) mass is 363 g/mol. The van der Waals surface area contributed by atoms with Gasteiger partial charge in [-0.25, -0.2) is 4.39 Å². The van der Waals surface area contributed by atoms with E-state index in [1.807, 2.05) is 24.3 Å². The van der Waals surface area contributed by atoms with Crippen molar-refractivity contribution in [3.63, 3.8) is 0 Å². The van der Waals surface area contributed by atoms with E-state index in [9.17, 15) is 14.0 Å². The van der Waals surface area contributed by atoms with Crippen molar-refractivity contribution in [2.45, 2.75) is 6.54 Å².